The highest BCUT2D eigenvalue weighted by Crippen LogP contribution is 2.34. The third-order valence-corrected chi connectivity index (χ3v) is 2.80. The molecule has 0 fully saturated rings. The molecule has 2 rings (SSSR count). The van der Waals surface area contributed by atoms with E-state index in [1.54, 1.807) is 6.07 Å². The molecular weight excluding hydrogens is 180 g/mol. The lowest BCUT2D eigenvalue weighted by Gasteiger charge is -2.26. The lowest BCUT2D eigenvalue weighted by atomic mass is 9.81. The van der Waals surface area contributed by atoms with Crippen LogP contribution in [0.4, 0.5) is 0 Å². The first-order valence-electron chi connectivity index (χ1n) is 4.69. The summed E-state index contributed by atoms with van der Waals surface area (Å²) in [7, 11) is 0. The lowest BCUT2D eigenvalue weighted by Crippen LogP contribution is -2.27. The molecule has 0 spiro atoms. The van der Waals surface area contributed by atoms with E-state index in [9.17, 15) is 9.90 Å². The number of benzene rings is 1. The van der Waals surface area contributed by atoms with Gasteiger partial charge in [-0.25, -0.2) is 0 Å². The van der Waals surface area contributed by atoms with Crippen molar-refractivity contribution in [2.75, 3.05) is 0 Å². The first-order valence-corrected chi connectivity index (χ1v) is 4.69. The van der Waals surface area contributed by atoms with Gasteiger partial charge in [0.15, 0.2) is 0 Å². The number of aliphatic hydroxyl groups excluding tert-OH is 1. The molecule has 0 unspecified atom stereocenters. The topological polar surface area (TPSA) is 57.5 Å². The van der Waals surface area contributed by atoms with Gasteiger partial charge in [0.25, 0.3) is 0 Å². The maximum Gasteiger partial charge on any atom is 0.309 e. The lowest BCUT2D eigenvalue weighted by molar-refractivity contribution is -0.146. The third-order valence-electron chi connectivity index (χ3n) is 2.80. The average molecular weight is 192 g/mol. The number of carbonyl (C=O) groups is 1. The zero-order chi connectivity index (χ0) is 10.1. The molecule has 3 heteroatoms. The van der Waals surface area contributed by atoms with Crippen LogP contribution in [0.15, 0.2) is 24.3 Å². The molecule has 0 saturated heterocycles. The minimum atomic E-state index is -0.910. The van der Waals surface area contributed by atoms with Crippen molar-refractivity contribution in [3.8, 4) is 0 Å². The Morgan fingerprint density at radius 1 is 1.36 bits per heavy atom. The molecule has 0 aliphatic heterocycles. The summed E-state index contributed by atoms with van der Waals surface area (Å²) in [5.41, 5.74) is 1.84. The predicted molar refractivity (Wildman–Crippen MR) is 50.8 cm³/mol. The van der Waals surface area contributed by atoms with Gasteiger partial charge in [0.05, 0.1) is 12.0 Å². The second-order valence-corrected chi connectivity index (χ2v) is 3.63. The monoisotopic (exact) mass is 192 g/mol. The van der Waals surface area contributed by atoms with Gasteiger partial charge in [-0.3, -0.25) is 4.79 Å². The standard InChI is InChI=1S/C11H12O3/c12-10-8-4-2-1-3-7(8)5-6-9(10)11(13)14/h1-4,9-10,12H,5-6H2,(H,13,14)/t9-,10+/m0/s1. The Labute approximate surface area is 82.0 Å². The highest BCUT2D eigenvalue weighted by molar-refractivity contribution is 5.71. The fraction of sp³-hybridized carbons (Fsp3) is 0.364. The van der Waals surface area contributed by atoms with E-state index in [0.717, 1.165) is 17.5 Å². The predicted octanol–water partition coefficient (Wildman–Crippen LogP) is 1.37. The second kappa shape index (κ2) is 3.42. The Bertz CT molecular complexity index is 359. The fourth-order valence-electron chi connectivity index (χ4n) is 1.99. The summed E-state index contributed by atoms with van der Waals surface area (Å²) < 4.78 is 0. The molecule has 0 saturated carbocycles. The zero-order valence-electron chi connectivity index (χ0n) is 7.68. The summed E-state index contributed by atoms with van der Waals surface area (Å²) in [6.45, 7) is 0. The molecule has 0 aromatic heterocycles. The van der Waals surface area contributed by atoms with E-state index in [4.69, 9.17) is 5.11 Å². The average Bonchev–Trinajstić information content (AvgIpc) is 2.18. The van der Waals surface area contributed by atoms with Crippen LogP contribution in [0, 0.1) is 5.92 Å². The van der Waals surface area contributed by atoms with Gasteiger partial charge in [-0.05, 0) is 24.0 Å². The van der Waals surface area contributed by atoms with Crippen LogP contribution < -0.4 is 0 Å². The van der Waals surface area contributed by atoms with E-state index in [1.165, 1.54) is 0 Å². The Morgan fingerprint density at radius 3 is 2.79 bits per heavy atom. The van der Waals surface area contributed by atoms with E-state index in [0.29, 0.717) is 6.42 Å². The Hall–Kier alpha value is -1.35. The first kappa shape index (κ1) is 9.21. The first-order chi connectivity index (χ1) is 6.70. The third kappa shape index (κ3) is 1.40. The van der Waals surface area contributed by atoms with Crippen molar-refractivity contribution in [2.45, 2.75) is 18.9 Å². The van der Waals surface area contributed by atoms with Crippen molar-refractivity contribution in [2.24, 2.45) is 5.92 Å². The normalized spacial score (nSPS) is 25.5. The van der Waals surface area contributed by atoms with Crippen LogP contribution >= 0.6 is 0 Å². The molecule has 2 atom stereocenters. The van der Waals surface area contributed by atoms with Crippen LogP contribution in [-0.2, 0) is 11.2 Å². The van der Waals surface area contributed by atoms with Crippen molar-refractivity contribution in [3.63, 3.8) is 0 Å². The summed E-state index contributed by atoms with van der Waals surface area (Å²) in [5.74, 6) is -1.56. The number of aliphatic carboxylic acids is 1. The van der Waals surface area contributed by atoms with E-state index in [1.807, 2.05) is 18.2 Å². The number of aliphatic hydroxyl groups is 1. The summed E-state index contributed by atoms with van der Waals surface area (Å²) >= 11 is 0. The zero-order valence-corrected chi connectivity index (χ0v) is 7.68. The number of rotatable bonds is 1. The van der Waals surface area contributed by atoms with Crippen molar-refractivity contribution in [1.82, 2.24) is 0 Å². The molecule has 3 nitrogen and oxygen atoms in total. The number of aryl methyl sites for hydroxylation is 1. The van der Waals surface area contributed by atoms with Crippen LogP contribution in [0.25, 0.3) is 0 Å². The van der Waals surface area contributed by atoms with Crippen molar-refractivity contribution < 1.29 is 15.0 Å². The van der Waals surface area contributed by atoms with Gasteiger partial charge in [-0.15, -0.1) is 0 Å². The summed E-state index contributed by atoms with van der Waals surface area (Å²) in [5, 5.41) is 18.7. The van der Waals surface area contributed by atoms with Gasteiger partial charge >= 0.3 is 5.97 Å². The summed E-state index contributed by atoms with van der Waals surface area (Å²) in [6, 6.07) is 7.48. The number of hydrogen-bond acceptors (Lipinski definition) is 2. The highest BCUT2D eigenvalue weighted by atomic mass is 16.4. The van der Waals surface area contributed by atoms with Crippen molar-refractivity contribution in [1.29, 1.82) is 0 Å². The van der Waals surface area contributed by atoms with Gasteiger partial charge in [-0.1, -0.05) is 24.3 Å². The Balaban J connectivity index is 2.36. The molecule has 0 bridgehead atoms. The van der Waals surface area contributed by atoms with Gasteiger partial charge < -0.3 is 10.2 Å². The van der Waals surface area contributed by atoms with Crippen LogP contribution in [-0.4, -0.2) is 16.2 Å². The van der Waals surface area contributed by atoms with Crippen LogP contribution in [0.1, 0.15) is 23.7 Å². The molecule has 1 aromatic carbocycles. The van der Waals surface area contributed by atoms with Gasteiger partial charge in [-0.2, -0.15) is 0 Å². The molecule has 14 heavy (non-hydrogen) atoms. The van der Waals surface area contributed by atoms with Crippen molar-refractivity contribution >= 4 is 5.97 Å². The van der Waals surface area contributed by atoms with Gasteiger partial charge in [0.1, 0.15) is 0 Å². The quantitative estimate of drug-likeness (QED) is 0.706. The van der Waals surface area contributed by atoms with E-state index in [2.05, 4.69) is 0 Å². The van der Waals surface area contributed by atoms with Crippen LogP contribution in [0.2, 0.25) is 0 Å². The fourth-order valence-corrected chi connectivity index (χ4v) is 1.99. The minimum Gasteiger partial charge on any atom is -0.481 e. The molecule has 2 N–H and O–H groups in total. The smallest absolute Gasteiger partial charge is 0.309 e. The van der Waals surface area contributed by atoms with Crippen molar-refractivity contribution in [3.05, 3.63) is 35.4 Å². The summed E-state index contributed by atoms with van der Waals surface area (Å²) in [6.07, 6.45) is 0.412. The minimum absolute atomic E-state index is 0.521. The molecular formula is C11H12O3. The molecule has 0 amide bonds. The van der Waals surface area contributed by atoms with E-state index in [-0.39, 0.29) is 0 Å². The van der Waals surface area contributed by atoms with Crippen LogP contribution in [0.5, 0.6) is 0 Å². The van der Waals surface area contributed by atoms with E-state index >= 15 is 0 Å². The number of fused-ring (bicyclic) bond motifs is 1. The van der Waals surface area contributed by atoms with Gasteiger partial charge in [0, 0.05) is 0 Å². The van der Waals surface area contributed by atoms with E-state index < -0.39 is 18.0 Å². The molecule has 74 valence electrons. The van der Waals surface area contributed by atoms with Crippen LogP contribution in [0.3, 0.4) is 0 Å². The maximum atomic E-state index is 10.8. The molecule has 1 aliphatic carbocycles. The molecule has 1 aromatic rings. The maximum absolute atomic E-state index is 10.8. The number of carboxylic acid groups (broad SMARTS) is 1. The van der Waals surface area contributed by atoms with Gasteiger partial charge in [0.2, 0.25) is 0 Å². The molecule has 0 radical (unpaired) electrons. The second-order valence-electron chi connectivity index (χ2n) is 3.63. The SMILES string of the molecule is O=C(O)[C@H]1CCc2ccccc2[C@H]1O. The highest BCUT2D eigenvalue weighted by Gasteiger charge is 2.32. The molecule has 1 aliphatic rings. The number of carboxylic acids is 1. The Kier molecular flexibility index (Phi) is 2.25. The Morgan fingerprint density at radius 2 is 2.07 bits per heavy atom. The number of hydrogen-bond donors (Lipinski definition) is 2. The largest absolute Gasteiger partial charge is 0.481 e. The summed E-state index contributed by atoms with van der Waals surface area (Å²) in [4.78, 5) is 10.8. The molecule has 0 heterocycles.